The Balaban J connectivity index is 1.92. The fraction of sp³-hybridized carbons (Fsp3) is 0.231. The van der Waals surface area contributed by atoms with Gasteiger partial charge in [0.2, 0.25) is 0 Å². The lowest BCUT2D eigenvalue weighted by molar-refractivity contribution is -0.139. The van der Waals surface area contributed by atoms with Crippen LogP contribution in [0, 0.1) is 0 Å². The van der Waals surface area contributed by atoms with E-state index in [4.69, 9.17) is 9.47 Å². The molecular formula is C26H28N2O4. The van der Waals surface area contributed by atoms with Gasteiger partial charge >= 0.3 is 11.9 Å². The minimum atomic E-state index is -0.619. The van der Waals surface area contributed by atoms with Crippen LogP contribution < -0.4 is 4.90 Å². The maximum absolute atomic E-state index is 12.6. The molecule has 1 aliphatic heterocycles. The molecule has 6 nitrogen and oxygen atoms in total. The van der Waals surface area contributed by atoms with Crippen LogP contribution in [0.15, 0.2) is 90.3 Å². The van der Waals surface area contributed by atoms with Gasteiger partial charge in [-0.05, 0) is 42.0 Å². The summed E-state index contributed by atoms with van der Waals surface area (Å²) in [6, 6.07) is 18.3. The number of esters is 2. The van der Waals surface area contributed by atoms with E-state index in [1.165, 1.54) is 19.8 Å². The Hall–Kier alpha value is -3.64. The normalized spacial score (nSPS) is 13.3. The van der Waals surface area contributed by atoms with E-state index < -0.39 is 11.9 Å². The van der Waals surface area contributed by atoms with Crippen molar-refractivity contribution >= 4 is 17.6 Å². The summed E-state index contributed by atoms with van der Waals surface area (Å²) in [6.45, 7) is 4.62. The fourth-order valence-corrected chi connectivity index (χ4v) is 3.55. The van der Waals surface area contributed by atoms with Crippen LogP contribution in [0.25, 0.3) is 0 Å². The topological polar surface area (TPSA) is 59.1 Å². The molecule has 2 aromatic carbocycles. The number of hydrogen-bond donors (Lipinski definition) is 0. The quantitative estimate of drug-likeness (QED) is 0.583. The van der Waals surface area contributed by atoms with E-state index in [2.05, 4.69) is 30.0 Å². The van der Waals surface area contributed by atoms with Crippen molar-refractivity contribution in [3.05, 3.63) is 101 Å². The SMILES string of the molecule is CCN(Cc1ccccc1)Cc1cccc(N2C=CC=CC(C(=O)OC)=C2C(=O)OC)c1. The van der Waals surface area contributed by atoms with E-state index >= 15 is 0 Å². The third-order valence-electron chi connectivity index (χ3n) is 5.18. The number of carbonyl (C=O) groups is 2. The molecule has 0 fully saturated rings. The van der Waals surface area contributed by atoms with Crippen molar-refractivity contribution in [2.75, 3.05) is 25.7 Å². The summed E-state index contributed by atoms with van der Waals surface area (Å²) in [4.78, 5) is 29.0. The summed E-state index contributed by atoms with van der Waals surface area (Å²) >= 11 is 0. The van der Waals surface area contributed by atoms with Crippen molar-refractivity contribution in [1.29, 1.82) is 0 Å². The molecule has 0 atom stereocenters. The Kier molecular flexibility index (Phi) is 8.00. The Morgan fingerprint density at radius 2 is 1.56 bits per heavy atom. The van der Waals surface area contributed by atoms with Crippen LogP contribution in [-0.4, -0.2) is 37.6 Å². The van der Waals surface area contributed by atoms with Crippen molar-refractivity contribution in [2.24, 2.45) is 0 Å². The highest BCUT2D eigenvalue weighted by molar-refractivity contribution is 6.05. The zero-order chi connectivity index (χ0) is 22.9. The van der Waals surface area contributed by atoms with E-state index in [1.807, 2.05) is 36.4 Å². The van der Waals surface area contributed by atoms with E-state index in [-0.39, 0.29) is 11.3 Å². The molecule has 6 heteroatoms. The molecule has 2 aromatic rings. The van der Waals surface area contributed by atoms with Gasteiger partial charge in [0.05, 0.1) is 19.8 Å². The second-order valence-electron chi connectivity index (χ2n) is 7.27. The van der Waals surface area contributed by atoms with Gasteiger partial charge in [-0.3, -0.25) is 4.90 Å². The van der Waals surface area contributed by atoms with E-state index in [0.717, 1.165) is 30.9 Å². The molecule has 0 spiro atoms. The highest BCUT2D eigenvalue weighted by Gasteiger charge is 2.27. The Bertz CT molecular complexity index is 1040. The Morgan fingerprint density at radius 1 is 0.875 bits per heavy atom. The average molecular weight is 433 g/mol. The number of rotatable bonds is 8. The number of benzene rings is 2. The van der Waals surface area contributed by atoms with Gasteiger partial charge in [0.15, 0.2) is 0 Å². The van der Waals surface area contributed by atoms with Crippen LogP contribution >= 0.6 is 0 Å². The first kappa shape index (κ1) is 23.0. The minimum Gasteiger partial charge on any atom is -0.465 e. The van der Waals surface area contributed by atoms with Gasteiger partial charge in [0.1, 0.15) is 5.70 Å². The summed E-state index contributed by atoms with van der Waals surface area (Å²) in [6.07, 6.45) is 6.74. The van der Waals surface area contributed by atoms with Gasteiger partial charge in [-0.2, -0.15) is 0 Å². The van der Waals surface area contributed by atoms with Crippen LogP contribution in [-0.2, 0) is 32.2 Å². The molecule has 0 saturated heterocycles. The van der Waals surface area contributed by atoms with E-state index in [1.54, 1.807) is 29.3 Å². The third-order valence-corrected chi connectivity index (χ3v) is 5.18. The van der Waals surface area contributed by atoms with E-state index in [9.17, 15) is 9.59 Å². The second-order valence-corrected chi connectivity index (χ2v) is 7.27. The number of ether oxygens (including phenoxy) is 2. The number of allylic oxidation sites excluding steroid dienone is 2. The van der Waals surface area contributed by atoms with Gasteiger partial charge in [0.25, 0.3) is 0 Å². The second kappa shape index (κ2) is 11.1. The van der Waals surface area contributed by atoms with Crippen LogP contribution in [0.2, 0.25) is 0 Å². The summed E-state index contributed by atoms with van der Waals surface area (Å²) in [5.74, 6) is -1.22. The fourth-order valence-electron chi connectivity index (χ4n) is 3.55. The molecule has 32 heavy (non-hydrogen) atoms. The van der Waals surface area contributed by atoms with Crippen molar-refractivity contribution in [2.45, 2.75) is 20.0 Å². The van der Waals surface area contributed by atoms with E-state index in [0.29, 0.717) is 0 Å². The van der Waals surface area contributed by atoms with Crippen LogP contribution in [0.5, 0.6) is 0 Å². The molecule has 0 aliphatic carbocycles. The zero-order valence-corrected chi connectivity index (χ0v) is 18.7. The van der Waals surface area contributed by atoms with Gasteiger partial charge in [-0.25, -0.2) is 9.59 Å². The maximum atomic E-state index is 12.6. The standard InChI is InChI=1S/C26H28N2O4/c1-4-27(18-20-11-6-5-7-12-20)19-21-13-10-14-22(17-21)28-16-9-8-15-23(25(29)31-2)24(28)26(30)32-3/h5-17H,4,18-19H2,1-3H3. The maximum Gasteiger partial charge on any atom is 0.355 e. The number of methoxy groups -OCH3 is 2. The first-order valence-electron chi connectivity index (χ1n) is 10.5. The Morgan fingerprint density at radius 3 is 2.25 bits per heavy atom. The predicted octanol–water partition coefficient (Wildman–Crippen LogP) is 4.20. The smallest absolute Gasteiger partial charge is 0.355 e. The average Bonchev–Trinajstić information content (AvgIpc) is 3.06. The van der Waals surface area contributed by atoms with Crippen molar-refractivity contribution in [3.63, 3.8) is 0 Å². The lowest BCUT2D eigenvalue weighted by atomic mass is 10.1. The molecule has 1 aliphatic rings. The van der Waals surface area contributed by atoms with Crippen LogP contribution in [0.1, 0.15) is 18.1 Å². The zero-order valence-electron chi connectivity index (χ0n) is 18.7. The first-order chi connectivity index (χ1) is 15.6. The monoisotopic (exact) mass is 432 g/mol. The van der Waals surface area contributed by atoms with Crippen LogP contribution in [0.3, 0.4) is 0 Å². The molecular weight excluding hydrogens is 404 g/mol. The van der Waals surface area contributed by atoms with Gasteiger partial charge in [-0.15, -0.1) is 0 Å². The summed E-state index contributed by atoms with van der Waals surface area (Å²) < 4.78 is 9.86. The largest absolute Gasteiger partial charge is 0.465 e. The lowest BCUT2D eigenvalue weighted by Gasteiger charge is -2.25. The summed E-state index contributed by atoms with van der Waals surface area (Å²) in [5.41, 5.74) is 3.34. The summed E-state index contributed by atoms with van der Waals surface area (Å²) in [7, 11) is 2.58. The Labute approximate surface area is 189 Å². The molecule has 3 rings (SSSR count). The third kappa shape index (κ3) is 5.53. The number of carbonyl (C=O) groups excluding carboxylic acids is 2. The van der Waals surface area contributed by atoms with Gasteiger partial charge in [-0.1, -0.05) is 55.5 Å². The lowest BCUT2D eigenvalue weighted by Crippen LogP contribution is -2.27. The first-order valence-corrected chi connectivity index (χ1v) is 10.5. The molecule has 0 unspecified atom stereocenters. The number of hydrogen-bond acceptors (Lipinski definition) is 6. The molecule has 0 radical (unpaired) electrons. The van der Waals surface area contributed by atoms with Crippen molar-refractivity contribution < 1.29 is 19.1 Å². The van der Waals surface area contributed by atoms with Crippen molar-refractivity contribution in [3.8, 4) is 0 Å². The van der Waals surface area contributed by atoms with Gasteiger partial charge < -0.3 is 14.4 Å². The van der Waals surface area contributed by atoms with Crippen LogP contribution in [0.4, 0.5) is 5.69 Å². The molecule has 1 heterocycles. The highest BCUT2D eigenvalue weighted by atomic mass is 16.5. The molecule has 166 valence electrons. The van der Waals surface area contributed by atoms with Gasteiger partial charge in [0, 0.05) is 25.0 Å². The summed E-state index contributed by atoms with van der Waals surface area (Å²) in [5, 5.41) is 0. The molecule has 0 amide bonds. The molecule has 0 saturated carbocycles. The molecule has 0 N–H and O–H groups in total. The number of anilines is 1. The predicted molar refractivity (Wildman–Crippen MR) is 124 cm³/mol. The molecule has 0 aromatic heterocycles. The minimum absolute atomic E-state index is 0.109. The van der Waals surface area contributed by atoms with Crippen molar-refractivity contribution in [1.82, 2.24) is 4.90 Å². The number of nitrogens with zero attached hydrogens (tertiary/aromatic N) is 2. The highest BCUT2D eigenvalue weighted by Crippen LogP contribution is 2.27. The molecule has 0 bridgehead atoms.